The summed E-state index contributed by atoms with van der Waals surface area (Å²) in [5, 5.41) is 18.2. The number of benzene rings is 1. The highest BCUT2D eigenvalue weighted by molar-refractivity contribution is 5.91. The molecular formula is C12H14O5. The average molecular weight is 238 g/mol. The summed E-state index contributed by atoms with van der Waals surface area (Å²) in [6.45, 7) is 1.70. The molecule has 5 nitrogen and oxygen atoms in total. The lowest BCUT2D eigenvalue weighted by Gasteiger charge is -2.11. The molecule has 0 saturated carbocycles. The quantitative estimate of drug-likeness (QED) is 0.772. The predicted molar refractivity (Wildman–Crippen MR) is 59.7 cm³/mol. The molecule has 0 amide bonds. The summed E-state index contributed by atoms with van der Waals surface area (Å²) in [5.74, 6) is -1.53. The number of carbonyl (C=O) groups is 2. The Morgan fingerprint density at radius 1 is 1.41 bits per heavy atom. The van der Waals surface area contributed by atoms with Crippen LogP contribution in [0.4, 0.5) is 0 Å². The van der Waals surface area contributed by atoms with Gasteiger partial charge in [-0.2, -0.15) is 0 Å². The van der Waals surface area contributed by atoms with Gasteiger partial charge in [-0.15, -0.1) is 0 Å². The van der Waals surface area contributed by atoms with Crippen molar-refractivity contribution in [2.45, 2.75) is 19.4 Å². The van der Waals surface area contributed by atoms with Crippen molar-refractivity contribution in [1.29, 1.82) is 0 Å². The van der Waals surface area contributed by atoms with E-state index in [2.05, 4.69) is 4.74 Å². The fourth-order valence-corrected chi connectivity index (χ4v) is 1.52. The topological polar surface area (TPSA) is 83.8 Å². The minimum Gasteiger partial charge on any atom is -0.481 e. The minimum absolute atomic E-state index is 0.364. The molecule has 1 atom stereocenters. The molecule has 0 spiro atoms. The lowest BCUT2D eigenvalue weighted by atomic mass is 10.0. The number of hydrogen-bond acceptors (Lipinski definition) is 4. The standard InChI is InChI=1S/C12H14O5/c1-7-5-8(10(13)6-11(14)15)3-4-9(7)12(16)17-2/h3-5,10,13H,6H2,1-2H3,(H,14,15). The van der Waals surface area contributed by atoms with Gasteiger partial charge < -0.3 is 14.9 Å². The van der Waals surface area contributed by atoms with E-state index in [0.29, 0.717) is 16.7 Å². The second kappa shape index (κ2) is 5.45. The minimum atomic E-state index is -1.08. The molecule has 92 valence electrons. The van der Waals surface area contributed by atoms with Gasteiger partial charge in [-0.3, -0.25) is 4.79 Å². The molecule has 0 aliphatic rings. The second-order valence-electron chi connectivity index (χ2n) is 3.68. The van der Waals surface area contributed by atoms with Crippen molar-refractivity contribution in [2.24, 2.45) is 0 Å². The van der Waals surface area contributed by atoms with Crippen molar-refractivity contribution in [2.75, 3.05) is 7.11 Å². The molecule has 0 bridgehead atoms. The van der Waals surface area contributed by atoms with Crippen LogP contribution in [-0.4, -0.2) is 29.3 Å². The van der Waals surface area contributed by atoms with Gasteiger partial charge in [0.15, 0.2) is 0 Å². The number of methoxy groups -OCH3 is 1. The Hall–Kier alpha value is -1.88. The van der Waals surface area contributed by atoms with Crippen LogP contribution in [0.3, 0.4) is 0 Å². The summed E-state index contributed by atoms with van der Waals surface area (Å²) in [4.78, 5) is 21.8. The summed E-state index contributed by atoms with van der Waals surface area (Å²) in [6.07, 6.45) is -1.44. The largest absolute Gasteiger partial charge is 0.481 e. The first kappa shape index (κ1) is 13.2. The first-order valence-corrected chi connectivity index (χ1v) is 5.04. The molecule has 0 radical (unpaired) electrons. The Balaban J connectivity index is 2.96. The predicted octanol–water partition coefficient (Wildman–Crippen LogP) is 1.29. The van der Waals surface area contributed by atoms with Gasteiger partial charge in [-0.05, 0) is 24.1 Å². The molecule has 5 heteroatoms. The van der Waals surface area contributed by atoms with Crippen LogP contribution in [0, 0.1) is 6.92 Å². The number of rotatable bonds is 4. The first-order valence-electron chi connectivity index (χ1n) is 5.04. The van der Waals surface area contributed by atoms with E-state index in [9.17, 15) is 14.7 Å². The summed E-state index contributed by atoms with van der Waals surface area (Å²) >= 11 is 0. The first-order chi connectivity index (χ1) is 7.95. The Bertz CT molecular complexity index is 439. The van der Waals surface area contributed by atoms with Crippen LogP contribution < -0.4 is 0 Å². The molecule has 0 fully saturated rings. The molecule has 0 aromatic heterocycles. The van der Waals surface area contributed by atoms with Gasteiger partial charge in [0.2, 0.25) is 0 Å². The third-order valence-corrected chi connectivity index (χ3v) is 2.41. The van der Waals surface area contributed by atoms with E-state index < -0.39 is 18.0 Å². The van der Waals surface area contributed by atoms with Crippen molar-refractivity contribution in [3.05, 3.63) is 34.9 Å². The molecule has 1 unspecified atom stereocenters. The van der Waals surface area contributed by atoms with E-state index in [1.165, 1.54) is 19.2 Å². The summed E-state index contributed by atoms with van der Waals surface area (Å²) < 4.78 is 4.59. The fourth-order valence-electron chi connectivity index (χ4n) is 1.52. The lowest BCUT2D eigenvalue weighted by Crippen LogP contribution is -2.08. The second-order valence-corrected chi connectivity index (χ2v) is 3.68. The lowest BCUT2D eigenvalue weighted by molar-refractivity contribution is -0.139. The molecular weight excluding hydrogens is 224 g/mol. The number of aliphatic hydroxyl groups excluding tert-OH is 1. The third-order valence-electron chi connectivity index (χ3n) is 2.41. The summed E-state index contributed by atoms with van der Waals surface area (Å²) in [7, 11) is 1.29. The highest BCUT2D eigenvalue weighted by atomic mass is 16.5. The maximum atomic E-state index is 11.3. The van der Waals surface area contributed by atoms with Gasteiger partial charge in [-0.1, -0.05) is 12.1 Å². The van der Waals surface area contributed by atoms with E-state index in [4.69, 9.17) is 5.11 Å². The molecule has 2 N–H and O–H groups in total. The fraction of sp³-hybridized carbons (Fsp3) is 0.333. The Labute approximate surface area is 98.6 Å². The number of aliphatic hydroxyl groups is 1. The van der Waals surface area contributed by atoms with Crippen molar-refractivity contribution in [1.82, 2.24) is 0 Å². The zero-order chi connectivity index (χ0) is 13.0. The van der Waals surface area contributed by atoms with Crippen LogP contribution in [0.1, 0.15) is 34.0 Å². The van der Waals surface area contributed by atoms with Gasteiger partial charge >= 0.3 is 11.9 Å². The molecule has 0 heterocycles. The van der Waals surface area contributed by atoms with Crippen molar-refractivity contribution in [3.8, 4) is 0 Å². The van der Waals surface area contributed by atoms with Crippen LogP contribution in [0.15, 0.2) is 18.2 Å². The molecule has 0 aliphatic carbocycles. The molecule has 17 heavy (non-hydrogen) atoms. The maximum Gasteiger partial charge on any atom is 0.338 e. The van der Waals surface area contributed by atoms with Gasteiger partial charge in [0, 0.05) is 0 Å². The number of carboxylic acids is 1. The Morgan fingerprint density at radius 3 is 2.53 bits per heavy atom. The molecule has 0 aliphatic heterocycles. The number of aliphatic carboxylic acids is 1. The van der Waals surface area contributed by atoms with Gasteiger partial charge in [0.25, 0.3) is 0 Å². The normalized spacial score (nSPS) is 11.9. The van der Waals surface area contributed by atoms with Crippen LogP contribution in [-0.2, 0) is 9.53 Å². The van der Waals surface area contributed by atoms with Gasteiger partial charge in [0.05, 0.1) is 25.2 Å². The van der Waals surface area contributed by atoms with Crippen LogP contribution in [0.2, 0.25) is 0 Å². The smallest absolute Gasteiger partial charge is 0.338 e. The Morgan fingerprint density at radius 2 is 2.06 bits per heavy atom. The molecule has 1 aromatic carbocycles. The highest BCUT2D eigenvalue weighted by Crippen LogP contribution is 2.20. The van der Waals surface area contributed by atoms with E-state index in [1.54, 1.807) is 13.0 Å². The Kier molecular flexibility index (Phi) is 4.23. The van der Waals surface area contributed by atoms with Crippen LogP contribution >= 0.6 is 0 Å². The van der Waals surface area contributed by atoms with Gasteiger partial charge in [-0.25, -0.2) is 4.79 Å². The monoisotopic (exact) mass is 238 g/mol. The van der Waals surface area contributed by atoms with E-state index in [0.717, 1.165) is 0 Å². The van der Waals surface area contributed by atoms with Crippen LogP contribution in [0.5, 0.6) is 0 Å². The van der Waals surface area contributed by atoms with Crippen LogP contribution in [0.25, 0.3) is 0 Å². The number of carbonyl (C=O) groups excluding carboxylic acids is 1. The highest BCUT2D eigenvalue weighted by Gasteiger charge is 2.15. The zero-order valence-electron chi connectivity index (χ0n) is 9.64. The zero-order valence-corrected chi connectivity index (χ0v) is 9.64. The maximum absolute atomic E-state index is 11.3. The van der Waals surface area contributed by atoms with E-state index >= 15 is 0 Å². The molecule has 1 rings (SSSR count). The average Bonchev–Trinajstić information content (AvgIpc) is 2.27. The van der Waals surface area contributed by atoms with E-state index in [-0.39, 0.29) is 6.42 Å². The number of carboxylic acid groups (broad SMARTS) is 1. The number of esters is 1. The molecule has 1 aromatic rings. The number of ether oxygens (including phenoxy) is 1. The van der Waals surface area contributed by atoms with E-state index in [1.807, 2.05) is 0 Å². The third kappa shape index (κ3) is 3.29. The van der Waals surface area contributed by atoms with Gasteiger partial charge in [0.1, 0.15) is 0 Å². The summed E-state index contributed by atoms with van der Waals surface area (Å²) in [6, 6.07) is 4.62. The number of hydrogen-bond donors (Lipinski definition) is 2. The van der Waals surface area contributed by atoms with Crippen molar-refractivity contribution < 1.29 is 24.5 Å². The summed E-state index contributed by atoms with van der Waals surface area (Å²) in [5.41, 5.74) is 1.51. The molecule has 0 saturated heterocycles. The van der Waals surface area contributed by atoms with Crippen molar-refractivity contribution in [3.63, 3.8) is 0 Å². The number of aryl methyl sites for hydroxylation is 1. The SMILES string of the molecule is COC(=O)c1ccc(C(O)CC(=O)O)cc1C. The van der Waals surface area contributed by atoms with Crippen molar-refractivity contribution >= 4 is 11.9 Å².